The fourth-order valence-corrected chi connectivity index (χ4v) is 3.76. The van der Waals surface area contributed by atoms with Crippen molar-refractivity contribution in [1.29, 1.82) is 0 Å². The molecule has 0 fully saturated rings. The number of nitrogens with zero attached hydrogens (tertiary/aromatic N) is 5. The number of thioether (sulfide) groups is 1. The van der Waals surface area contributed by atoms with E-state index in [-0.39, 0.29) is 0 Å². The first-order valence-corrected chi connectivity index (χ1v) is 8.96. The van der Waals surface area contributed by atoms with Crippen molar-refractivity contribution in [2.75, 3.05) is 0 Å². The third kappa shape index (κ3) is 3.11. The maximum absolute atomic E-state index is 4.70. The molecule has 0 radical (unpaired) electrons. The highest BCUT2D eigenvalue weighted by molar-refractivity contribution is 7.98. The summed E-state index contributed by atoms with van der Waals surface area (Å²) < 4.78 is 1.68. The van der Waals surface area contributed by atoms with Crippen LogP contribution in [0.15, 0.2) is 53.3 Å². The lowest BCUT2D eigenvalue weighted by Gasteiger charge is -1.97. The van der Waals surface area contributed by atoms with Crippen molar-refractivity contribution in [2.45, 2.75) is 17.8 Å². The van der Waals surface area contributed by atoms with Gasteiger partial charge in [0.1, 0.15) is 5.01 Å². The number of hydrogen-bond donors (Lipinski definition) is 0. The van der Waals surface area contributed by atoms with Crippen LogP contribution in [0.25, 0.3) is 16.3 Å². The summed E-state index contributed by atoms with van der Waals surface area (Å²) in [6, 6.07) is 10.3. The summed E-state index contributed by atoms with van der Waals surface area (Å²) in [7, 11) is 0. The molecule has 23 heavy (non-hydrogen) atoms. The summed E-state index contributed by atoms with van der Waals surface area (Å²) in [4.78, 5) is 13.3. The topological polar surface area (TPSA) is 56.0 Å². The molecular formula is C16H13N5S2. The quantitative estimate of drug-likeness (QED) is 0.529. The lowest BCUT2D eigenvalue weighted by atomic mass is 10.2. The molecule has 4 aromatic rings. The summed E-state index contributed by atoms with van der Waals surface area (Å²) in [5.41, 5.74) is 3.46. The van der Waals surface area contributed by atoms with Crippen LogP contribution in [-0.2, 0) is 5.75 Å². The predicted molar refractivity (Wildman–Crippen MR) is 92.6 cm³/mol. The van der Waals surface area contributed by atoms with E-state index in [4.69, 9.17) is 4.98 Å². The Morgan fingerprint density at radius 2 is 2.04 bits per heavy atom. The predicted octanol–water partition coefficient (Wildman–Crippen LogP) is 3.85. The van der Waals surface area contributed by atoms with Gasteiger partial charge in [-0.25, -0.2) is 14.5 Å². The van der Waals surface area contributed by atoms with Crippen molar-refractivity contribution in [2.24, 2.45) is 0 Å². The second kappa shape index (κ2) is 6.10. The van der Waals surface area contributed by atoms with Crippen LogP contribution in [0.3, 0.4) is 0 Å². The second-order valence-electron chi connectivity index (χ2n) is 5.06. The second-order valence-corrected chi connectivity index (χ2v) is 6.86. The molecule has 5 nitrogen and oxygen atoms in total. The largest absolute Gasteiger partial charge is 0.253 e. The van der Waals surface area contributed by atoms with E-state index in [2.05, 4.69) is 51.6 Å². The van der Waals surface area contributed by atoms with Crippen LogP contribution in [0.2, 0.25) is 0 Å². The lowest BCUT2D eigenvalue weighted by Crippen LogP contribution is -1.87. The monoisotopic (exact) mass is 339 g/mol. The average Bonchev–Trinajstić information content (AvgIpc) is 3.20. The normalized spacial score (nSPS) is 11.2. The number of thiazole rings is 1. The van der Waals surface area contributed by atoms with E-state index in [1.165, 1.54) is 5.56 Å². The average molecular weight is 339 g/mol. The molecule has 0 amide bonds. The van der Waals surface area contributed by atoms with Crippen LogP contribution in [0, 0.1) is 6.92 Å². The Morgan fingerprint density at radius 3 is 2.87 bits per heavy atom. The summed E-state index contributed by atoms with van der Waals surface area (Å²) in [5.74, 6) is 1.37. The first-order valence-electron chi connectivity index (χ1n) is 7.09. The minimum absolute atomic E-state index is 0.619. The number of aromatic nitrogens is 5. The van der Waals surface area contributed by atoms with Crippen molar-refractivity contribution >= 4 is 28.9 Å². The van der Waals surface area contributed by atoms with Crippen molar-refractivity contribution in [3.8, 4) is 10.6 Å². The van der Waals surface area contributed by atoms with Crippen molar-refractivity contribution in [3.63, 3.8) is 0 Å². The number of hydrogen-bond acceptors (Lipinski definition) is 6. The van der Waals surface area contributed by atoms with Crippen molar-refractivity contribution in [3.05, 3.63) is 59.4 Å². The van der Waals surface area contributed by atoms with Gasteiger partial charge in [-0.1, -0.05) is 41.6 Å². The Morgan fingerprint density at radius 1 is 1.17 bits per heavy atom. The SMILES string of the molecule is Cc1ccc(-c2nc(CSc3nc4ncccn4n3)cs2)cc1. The summed E-state index contributed by atoms with van der Waals surface area (Å²) in [5, 5.41) is 8.24. The van der Waals surface area contributed by atoms with Crippen molar-refractivity contribution < 1.29 is 0 Å². The van der Waals surface area contributed by atoms with Gasteiger partial charge in [0.25, 0.3) is 5.78 Å². The fraction of sp³-hybridized carbons (Fsp3) is 0.125. The van der Waals surface area contributed by atoms with Gasteiger partial charge in [-0.2, -0.15) is 4.98 Å². The molecular weight excluding hydrogens is 326 g/mol. The van der Waals surface area contributed by atoms with Gasteiger partial charge in [0.2, 0.25) is 5.16 Å². The molecule has 0 atom stereocenters. The van der Waals surface area contributed by atoms with Gasteiger partial charge in [0.05, 0.1) is 5.69 Å². The Hall–Kier alpha value is -2.25. The minimum Gasteiger partial charge on any atom is -0.240 e. The van der Waals surface area contributed by atoms with E-state index in [0.29, 0.717) is 10.9 Å². The molecule has 0 bridgehead atoms. The molecule has 0 aliphatic carbocycles. The molecule has 0 saturated carbocycles. The van der Waals surface area contributed by atoms with E-state index >= 15 is 0 Å². The van der Waals surface area contributed by atoms with Gasteiger partial charge >= 0.3 is 0 Å². The Bertz CT molecular complexity index is 909. The van der Waals surface area contributed by atoms with E-state index in [1.54, 1.807) is 33.8 Å². The highest BCUT2D eigenvalue weighted by atomic mass is 32.2. The molecule has 0 N–H and O–H groups in total. The maximum Gasteiger partial charge on any atom is 0.253 e. The first-order chi connectivity index (χ1) is 11.3. The number of rotatable bonds is 4. The van der Waals surface area contributed by atoms with Gasteiger partial charge in [0.15, 0.2) is 0 Å². The van der Waals surface area contributed by atoms with E-state index in [0.717, 1.165) is 22.0 Å². The summed E-state index contributed by atoms with van der Waals surface area (Å²) in [6.07, 6.45) is 3.56. The van der Waals surface area contributed by atoms with Gasteiger partial charge in [-0.15, -0.1) is 16.4 Å². The molecule has 0 saturated heterocycles. The first kappa shape index (κ1) is 14.3. The van der Waals surface area contributed by atoms with Crippen LogP contribution >= 0.6 is 23.1 Å². The molecule has 0 aliphatic rings. The van der Waals surface area contributed by atoms with E-state index in [1.807, 2.05) is 12.3 Å². The summed E-state index contributed by atoms with van der Waals surface area (Å²) >= 11 is 3.24. The molecule has 0 aliphatic heterocycles. The zero-order chi connectivity index (χ0) is 15.6. The Balaban J connectivity index is 1.48. The van der Waals surface area contributed by atoms with Crippen molar-refractivity contribution in [1.82, 2.24) is 24.6 Å². The highest BCUT2D eigenvalue weighted by Gasteiger charge is 2.08. The number of benzene rings is 1. The number of fused-ring (bicyclic) bond motifs is 1. The molecule has 1 aromatic carbocycles. The van der Waals surface area contributed by atoms with Crippen LogP contribution in [0.5, 0.6) is 0 Å². The fourth-order valence-electron chi connectivity index (χ4n) is 2.12. The van der Waals surface area contributed by atoms with Crippen LogP contribution in [-0.4, -0.2) is 24.6 Å². The third-order valence-electron chi connectivity index (χ3n) is 3.30. The zero-order valence-corrected chi connectivity index (χ0v) is 14.0. The number of aryl methyl sites for hydroxylation is 1. The smallest absolute Gasteiger partial charge is 0.240 e. The van der Waals surface area contributed by atoms with Crippen LogP contribution < -0.4 is 0 Å². The Kier molecular flexibility index (Phi) is 3.80. The summed E-state index contributed by atoms with van der Waals surface area (Å²) in [6.45, 7) is 2.09. The molecule has 7 heteroatoms. The van der Waals surface area contributed by atoms with Gasteiger partial charge in [0, 0.05) is 29.1 Å². The van der Waals surface area contributed by atoms with Gasteiger partial charge in [-0.3, -0.25) is 0 Å². The molecule has 0 spiro atoms. The van der Waals surface area contributed by atoms with Gasteiger partial charge in [-0.05, 0) is 13.0 Å². The van der Waals surface area contributed by atoms with Crippen LogP contribution in [0.4, 0.5) is 0 Å². The molecule has 4 rings (SSSR count). The standard InChI is InChI=1S/C16H13N5S2/c1-11-3-5-12(6-4-11)14-18-13(9-22-14)10-23-16-19-15-17-7-2-8-21(15)20-16/h2-9H,10H2,1H3. The molecule has 3 aromatic heterocycles. The van der Waals surface area contributed by atoms with E-state index < -0.39 is 0 Å². The lowest BCUT2D eigenvalue weighted by molar-refractivity contribution is 0.879. The molecule has 114 valence electrons. The maximum atomic E-state index is 4.70. The van der Waals surface area contributed by atoms with Gasteiger partial charge < -0.3 is 0 Å². The molecule has 0 unspecified atom stereocenters. The zero-order valence-electron chi connectivity index (χ0n) is 12.4. The highest BCUT2D eigenvalue weighted by Crippen LogP contribution is 2.27. The third-order valence-corrected chi connectivity index (χ3v) is 5.11. The van der Waals surface area contributed by atoms with Crippen LogP contribution in [0.1, 0.15) is 11.3 Å². The minimum atomic E-state index is 0.619. The molecule has 3 heterocycles. The Labute approximate surface area is 141 Å². The van der Waals surface area contributed by atoms with E-state index in [9.17, 15) is 0 Å².